The number of benzene rings is 4. The first kappa shape index (κ1) is 36.1. The minimum atomic E-state index is 0.354. The summed E-state index contributed by atoms with van der Waals surface area (Å²) in [5.41, 5.74) is 10.4. The Kier molecular flexibility index (Phi) is 11.5. The number of aryl methyl sites for hydroxylation is 2. The molecule has 0 saturated carbocycles. The zero-order valence-corrected chi connectivity index (χ0v) is 30.9. The lowest BCUT2D eigenvalue weighted by molar-refractivity contribution is 0.501. The third-order valence-electron chi connectivity index (χ3n) is 8.04. The van der Waals surface area contributed by atoms with Gasteiger partial charge in [0.1, 0.15) is 16.6 Å². The Labute approximate surface area is 294 Å². The highest BCUT2D eigenvalue weighted by molar-refractivity contribution is 5.78. The number of oxazole rings is 3. The predicted molar refractivity (Wildman–Crippen MR) is 204 cm³/mol. The summed E-state index contributed by atoms with van der Waals surface area (Å²) in [6.07, 6.45) is 1.86. The molecular formula is C42H49N5O3. The molecule has 0 aliphatic rings. The van der Waals surface area contributed by atoms with Crippen LogP contribution in [0.5, 0.6) is 0 Å². The van der Waals surface area contributed by atoms with Crippen molar-refractivity contribution in [2.45, 2.75) is 92.9 Å². The smallest absolute Gasteiger partial charge is 0.198 e. The summed E-state index contributed by atoms with van der Waals surface area (Å²) in [6.45, 7) is 21.0. The fourth-order valence-electron chi connectivity index (χ4n) is 5.06. The van der Waals surface area contributed by atoms with Gasteiger partial charge in [-0.05, 0) is 85.0 Å². The van der Waals surface area contributed by atoms with Crippen LogP contribution in [0.3, 0.4) is 0 Å². The fourth-order valence-corrected chi connectivity index (χ4v) is 5.06. The third kappa shape index (κ3) is 9.05. The van der Waals surface area contributed by atoms with Gasteiger partial charge < -0.3 is 13.3 Å². The summed E-state index contributed by atoms with van der Waals surface area (Å²) in [4.78, 5) is 13.2. The Morgan fingerprint density at radius 3 is 1.46 bits per heavy atom. The Bertz CT molecular complexity index is 2160. The number of nitrogens with one attached hydrogen (secondary N) is 1. The number of nitrogens with zero attached hydrogens (tertiary/aromatic N) is 4. The third-order valence-corrected chi connectivity index (χ3v) is 8.04. The lowest BCUT2D eigenvalue weighted by Crippen LogP contribution is -1.85. The first-order chi connectivity index (χ1) is 23.9. The second-order valence-corrected chi connectivity index (χ2v) is 13.9. The van der Waals surface area contributed by atoms with Crippen LogP contribution in [-0.4, -0.2) is 25.1 Å². The van der Waals surface area contributed by atoms with E-state index in [1.807, 2.05) is 66.9 Å². The molecule has 8 nitrogen and oxygen atoms in total. The molecule has 50 heavy (non-hydrogen) atoms. The topological polar surface area (TPSA) is 107 Å². The van der Waals surface area contributed by atoms with Crippen molar-refractivity contribution in [1.29, 1.82) is 0 Å². The van der Waals surface area contributed by atoms with Crippen molar-refractivity contribution in [3.8, 4) is 0 Å². The van der Waals surface area contributed by atoms with Crippen LogP contribution in [0.4, 0.5) is 0 Å². The zero-order valence-electron chi connectivity index (χ0n) is 30.9. The number of hydrogen-bond acceptors (Lipinski definition) is 7. The van der Waals surface area contributed by atoms with Crippen molar-refractivity contribution in [2.75, 3.05) is 0 Å². The van der Waals surface area contributed by atoms with Gasteiger partial charge in [-0.15, -0.1) is 0 Å². The molecule has 0 amide bonds. The lowest BCUT2D eigenvalue weighted by atomic mass is 10.0. The summed E-state index contributed by atoms with van der Waals surface area (Å²) in [6, 6.07) is 26.4. The summed E-state index contributed by atoms with van der Waals surface area (Å²) in [5.74, 6) is 4.11. The molecule has 0 saturated heterocycles. The maximum absolute atomic E-state index is 5.57. The maximum Gasteiger partial charge on any atom is 0.198 e. The van der Waals surface area contributed by atoms with E-state index >= 15 is 0 Å². The average molecular weight is 672 g/mol. The van der Waals surface area contributed by atoms with E-state index in [9.17, 15) is 0 Å². The van der Waals surface area contributed by atoms with Crippen LogP contribution in [0.2, 0.25) is 0 Å². The van der Waals surface area contributed by atoms with Crippen LogP contribution in [0.15, 0.2) is 98.3 Å². The molecule has 0 unspecified atom stereocenters. The number of aromatic nitrogens is 5. The van der Waals surface area contributed by atoms with E-state index in [1.165, 1.54) is 22.1 Å². The Hall–Kier alpha value is -5.24. The van der Waals surface area contributed by atoms with Crippen molar-refractivity contribution in [3.63, 3.8) is 0 Å². The largest absolute Gasteiger partial charge is 0.440 e. The monoisotopic (exact) mass is 671 g/mol. The van der Waals surface area contributed by atoms with Crippen molar-refractivity contribution in [3.05, 3.63) is 119 Å². The normalized spacial score (nSPS) is 11.3. The maximum atomic E-state index is 5.57. The van der Waals surface area contributed by atoms with E-state index in [0.29, 0.717) is 23.7 Å². The summed E-state index contributed by atoms with van der Waals surface area (Å²) >= 11 is 0. The number of para-hydroxylation sites is 2. The van der Waals surface area contributed by atoms with E-state index in [-0.39, 0.29) is 0 Å². The molecule has 1 N–H and O–H groups in total. The van der Waals surface area contributed by atoms with Crippen molar-refractivity contribution in [2.24, 2.45) is 0 Å². The molecule has 0 aliphatic carbocycles. The highest BCUT2D eigenvalue weighted by atomic mass is 16.4. The van der Waals surface area contributed by atoms with E-state index in [1.54, 1.807) is 0 Å². The Balaban J connectivity index is 0.000000130. The van der Waals surface area contributed by atoms with Crippen molar-refractivity contribution >= 4 is 44.2 Å². The minimum Gasteiger partial charge on any atom is -0.440 e. The molecule has 4 heterocycles. The first-order valence-corrected chi connectivity index (χ1v) is 17.4. The number of rotatable bonds is 4. The van der Waals surface area contributed by atoms with E-state index < -0.39 is 0 Å². The fraction of sp³-hybridized carbons (Fsp3) is 0.333. The molecule has 4 aromatic carbocycles. The number of fused-ring (bicyclic) bond motifs is 4. The van der Waals surface area contributed by atoms with Gasteiger partial charge in [0, 0.05) is 23.1 Å². The van der Waals surface area contributed by atoms with Crippen LogP contribution in [0, 0.1) is 13.8 Å². The van der Waals surface area contributed by atoms with Gasteiger partial charge in [-0.2, -0.15) is 5.10 Å². The molecule has 0 aliphatic heterocycles. The SMILES string of the molecule is CC(C)c1ccc2[nH]ncc2c1.CC(C)c1nc2ccccc2o1.Cc1ccc2oc(C(C)C)nc2c1.Cc1ccc2oc(C(C)C)nc2c1. The predicted octanol–water partition coefficient (Wildman–Crippen LogP) is 12.2. The average Bonchev–Trinajstić information content (AvgIpc) is 3.89. The Morgan fingerprint density at radius 2 is 0.980 bits per heavy atom. The molecule has 4 aromatic heterocycles. The summed E-state index contributed by atoms with van der Waals surface area (Å²) in [5, 5.41) is 8.11. The second-order valence-electron chi connectivity index (χ2n) is 13.9. The quantitative estimate of drug-likeness (QED) is 0.198. The minimum absolute atomic E-state index is 0.354. The van der Waals surface area contributed by atoms with Gasteiger partial charge in [0.25, 0.3) is 0 Å². The van der Waals surface area contributed by atoms with Crippen LogP contribution in [-0.2, 0) is 0 Å². The molecule has 0 atom stereocenters. The molecule has 8 rings (SSSR count). The Morgan fingerprint density at radius 1 is 0.500 bits per heavy atom. The van der Waals surface area contributed by atoms with Gasteiger partial charge in [-0.25, -0.2) is 15.0 Å². The molecule has 8 heteroatoms. The molecule has 0 radical (unpaired) electrons. The van der Waals surface area contributed by atoms with Gasteiger partial charge in [-0.3, -0.25) is 5.10 Å². The van der Waals surface area contributed by atoms with Crippen LogP contribution in [0.25, 0.3) is 44.2 Å². The van der Waals surface area contributed by atoms with Crippen LogP contribution >= 0.6 is 0 Å². The molecule has 8 aromatic rings. The highest BCUT2D eigenvalue weighted by Gasteiger charge is 2.10. The molecule has 0 fully saturated rings. The van der Waals surface area contributed by atoms with E-state index in [4.69, 9.17) is 13.3 Å². The van der Waals surface area contributed by atoms with Gasteiger partial charge in [0.15, 0.2) is 34.4 Å². The van der Waals surface area contributed by atoms with Crippen LogP contribution < -0.4 is 0 Å². The van der Waals surface area contributed by atoms with Gasteiger partial charge in [0.05, 0.1) is 11.7 Å². The summed E-state index contributed by atoms with van der Waals surface area (Å²) < 4.78 is 16.7. The number of hydrogen-bond donors (Lipinski definition) is 1. The van der Waals surface area contributed by atoms with Gasteiger partial charge >= 0.3 is 0 Å². The molecule has 0 spiro atoms. The van der Waals surface area contributed by atoms with E-state index in [0.717, 1.165) is 56.5 Å². The molecule has 260 valence electrons. The van der Waals surface area contributed by atoms with Crippen molar-refractivity contribution < 1.29 is 13.3 Å². The molecular weight excluding hydrogens is 622 g/mol. The number of H-pyrrole nitrogens is 1. The number of aromatic amines is 1. The van der Waals surface area contributed by atoms with Crippen LogP contribution in [0.1, 0.15) is 113 Å². The van der Waals surface area contributed by atoms with Crippen molar-refractivity contribution in [1.82, 2.24) is 25.1 Å². The lowest BCUT2D eigenvalue weighted by Gasteiger charge is -2.03. The standard InChI is InChI=1S/2C11H13NO.C10H12N2.C10H11NO/c2*1-7(2)11-12-9-6-8(3)4-5-10(9)13-11;1-7(2)8-3-4-10-9(5-8)6-11-12-10;1-7(2)10-11-8-5-3-4-6-9(8)12-10/h2*4-7H,1-3H3;3-7H,1-2H3,(H,11,12);3-7H,1-2H3. The van der Waals surface area contributed by atoms with E-state index in [2.05, 4.69) is 113 Å². The highest BCUT2D eigenvalue weighted by Crippen LogP contribution is 2.24. The zero-order chi connectivity index (χ0) is 35.9. The second kappa shape index (κ2) is 16.0. The molecule has 0 bridgehead atoms. The van der Waals surface area contributed by atoms with Gasteiger partial charge in [-0.1, -0.05) is 85.7 Å². The summed E-state index contributed by atoms with van der Waals surface area (Å²) in [7, 11) is 0. The van der Waals surface area contributed by atoms with Gasteiger partial charge in [0.2, 0.25) is 0 Å². The first-order valence-electron chi connectivity index (χ1n) is 17.4.